The lowest BCUT2D eigenvalue weighted by molar-refractivity contribution is -0.171. The summed E-state index contributed by atoms with van der Waals surface area (Å²) in [5, 5.41) is 0. The summed E-state index contributed by atoms with van der Waals surface area (Å²) >= 11 is 0. The predicted molar refractivity (Wildman–Crippen MR) is 114 cm³/mol. The molecule has 0 saturated carbocycles. The maximum absolute atomic E-state index is 13.8. The van der Waals surface area contributed by atoms with Gasteiger partial charge in [-0.1, -0.05) is 61.9 Å². The van der Waals surface area contributed by atoms with E-state index in [-0.39, 0.29) is 16.9 Å². The van der Waals surface area contributed by atoms with Crippen LogP contribution >= 0.6 is 0 Å². The monoisotopic (exact) mass is 426 g/mol. The van der Waals surface area contributed by atoms with Gasteiger partial charge >= 0.3 is 5.97 Å². The zero-order chi connectivity index (χ0) is 21.5. The highest BCUT2D eigenvalue weighted by Crippen LogP contribution is 2.45. The van der Waals surface area contributed by atoms with Crippen molar-refractivity contribution in [1.29, 1.82) is 0 Å². The number of fused-ring (bicyclic) bond motifs is 2. The largest absolute Gasteiger partial charge is 0.457 e. The number of carbonyl (C=O) groups excluding carboxylic acids is 1. The van der Waals surface area contributed by atoms with Gasteiger partial charge in [-0.3, -0.25) is 0 Å². The first-order valence-electron chi connectivity index (χ1n) is 10.2. The molecule has 5 nitrogen and oxygen atoms in total. The molecule has 5 rings (SSSR count). The lowest BCUT2D eigenvalue weighted by atomic mass is 9.86. The molecule has 1 saturated heterocycles. The third kappa shape index (κ3) is 3.28. The highest BCUT2D eigenvalue weighted by molar-refractivity contribution is 7.94. The molecule has 0 amide bonds. The van der Waals surface area contributed by atoms with Crippen LogP contribution in [-0.2, 0) is 24.1 Å². The molecule has 0 radical (unpaired) electrons. The molecule has 1 aliphatic carbocycles. The fraction of sp³-hybridized carbons (Fsp3) is 0.375. The number of benzene rings is 2. The summed E-state index contributed by atoms with van der Waals surface area (Å²) in [7, 11) is -4.09. The first-order chi connectivity index (χ1) is 14.3. The lowest BCUT2D eigenvalue weighted by Crippen LogP contribution is -2.63. The Kier molecular flexibility index (Phi) is 5.32. The fourth-order valence-electron chi connectivity index (χ4n) is 4.22. The zero-order valence-electron chi connectivity index (χ0n) is 17.3. The Labute approximate surface area is 177 Å². The van der Waals surface area contributed by atoms with E-state index in [1.807, 2.05) is 51.1 Å². The van der Waals surface area contributed by atoms with Crippen LogP contribution in [0.4, 0.5) is 0 Å². The summed E-state index contributed by atoms with van der Waals surface area (Å²) in [5.74, 6) is -0.672. The molecule has 0 N–H and O–H groups in total. The van der Waals surface area contributed by atoms with Crippen LogP contribution in [0.1, 0.15) is 37.5 Å². The van der Waals surface area contributed by atoms with Gasteiger partial charge in [0.1, 0.15) is 6.10 Å². The lowest BCUT2D eigenvalue weighted by Gasteiger charge is -2.46. The smallest absolute Gasteiger partial charge is 0.335 e. The van der Waals surface area contributed by atoms with Crippen molar-refractivity contribution in [2.75, 3.05) is 0 Å². The molecule has 2 bridgehead atoms. The second-order valence-electron chi connectivity index (χ2n) is 8.35. The van der Waals surface area contributed by atoms with Gasteiger partial charge in [-0.2, -0.15) is 0 Å². The van der Waals surface area contributed by atoms with Crippen molar-refractivity contribution in [2.24, 2.45) is 5.92 Å². The molecule has 6 heteroatoms. The maximum Gasteiger partial charge on any atom is 0.335 e. The number of aryl methyl sites for hydroxylation is 1. The number of sulfone groups is 1. The van der Waals surface area contributed by atoms with E-state index >= 15 is 0 Å². The van der Waals surface area contributed by atoms with Crippen molar-refractivity contribution in [1.82, 2.24) is 0 Å². The van der Waals surface area contributed by atoms with Crippen LogP contribution in [0.25, 0.3) is 0 Å². The first-order valence-corrected chi connectivity index (χ1v) is 11.7. The van der Waals surface area contributed by atoms with Crippen molar-refractivity contribution >= 4 is 15.8 Å². The van der Waals surface area contributed by atoms with E-state index in [1.54, 1.807) is 18.2 Å². The molecule has 2 aromatic rings. The Morgan fingerprint density at radius 3 is 2.33 bits per heavy atom. The predicted octanol–water partition coefficient (Wildman–Crippen LogP) is 4.18. The second-order valence-corrected chi connectivity index (χ2v) is 10.5. The van der Waals surface area contributed by atoms with E-state index in [0.29, 0.717) is 6.42 Å². The number of hydrogen-bond donors (Lipinski definition) is 0. The molecule has 3 aliphatic rings. The summed E-state index contributed by atoms with van der Waals surface area (Å²) in [6.45, 7) is 5.93. The Hall–Kier alpha value is -2.44. The van der Waals surface area contributed by atoms with Crippen LogP contribution in [0, 0.1) is 12.8 Å². The number of ether oxygens (including phenoxy) is 2. The highest BCUT2D eigenvalue weighted by Gasteiger charge is 2.63. The normalized spacial score (nSPS) is 26.6. The third-order valence-corrected chi connectivity index (χ3v) is 8.23. The molecule has 30 heavy (non-hydrogen) atoms. The van der Waals surface area contributed by atoms with E-state index in [4.69, 9.17) is 9.47 Å². The van der Waals surface area contributed by atoms with Crippen molar-refractivity contribution in [3.8, 4) is 0 Å². The molecular formula is C24H26O5S. The molecule has 2 aliphatic heterocycles. The summed E-state index contributed by atoms with van der Waals surface area (Å²) in [5.41, 5.74) is 1.89. The van der Waals surface area contributed by atoms with Crippen molar-refractivity contribution in [3.05, 3.63) is 77.9 Å². The van der Waals surface area contributed by atoms with Crippen LogP contribution in [0.5, 0.6) is 0 Å². The molecule has 2 heterocycles. The molecule has 4 atom stereocenters. The molecule has 2 aromatic carbocycles. The summed E-state index contributed by atoms with van der Waals surface area (Å²) < 4.78 is 37.5. The third-order valence-electron chi connectivity index (χ3n) is 5.88. The van der Waals surface area contributed by atoms with Gasteiger partial charge in [-0.15, -0.1) is 0 Å². The molecule has 0 spiro atoms. The van der Waals surface area contributed by atoms with E-state index in [0.717, 1.165) is 11.1 Å². The second kappa shape index (κ2) is 7.67. The minimum Gasteiger partial charge on any atom is -0.457 e. The maximum atomic E-state index is 13.8. The van der Waals surface area contributed by atoms with Gasteiger partial charge in [0.2, 0.25) is 14.6 Å². The minimum atomic E-state index is -4.09. The van der Waals surface area contributed by atoms with Gasteiger partial charge in [0.25, 0.3) is 0 Å². The molecule has 158 valence electrons. The zero-order valence-corrected chi connectivity index (χ0v) is 18.1. The molecule has 0 aromatic heterocycles. The van der Waals surface area contributed by atoms with Crippen LogP contribution in [0.15, 0.2) is 71.6 Å². The van der Waals surface area contributed by atoms with Crippen molar-refractivity contribution < 1.29 is 22.7 Å². The number of hydrogen-bond acceptors (Lipinski definition) is 5. The Morgan fingerprint density at radius 1 is 1.07 bits per heavy atom. The average Bonchev–Trinajstić information content (AvgIpc) is 2.73. The molecule has 1 fully saturated rings. The topological polar surface area (TPSA) is 69.7 Å². The highest BCUT2D eigenvalue weighted by atomic mass is 32.2. The average molecular weight is 427 g/mol. The number of rotatable bonds is 6. The van der Waals surface area contributed by atoms with E-state index in [2.05, 4.69) is 0 Å². The summed E-state index contributed by atoms with van der Waals surface area (Å²) in [6, 6.07) is 16.2. The van der Waals surface area contributed by atoms with Crippen molar-refractivity contribution in [3.63, 3.8) is 0 Å². The van der Waals surface area contributed by atoms with E-state index in [1.165, 1.54) is 18.2 Å². The minimum absolute atomic E-state index is 0.0875. The fourth-order valence-corrected chi connectivity index (χ4v) is 6.13. The molecule has 0 unspecified atom stereocenters. The standard InChI is InChI=1S/C24H26O5S/c1-16(2)22(18-7-5-4-6-8-18)29-21-15-19-13-14-24(21,23(25)28-19)30(26,27)20-11-9-17(3)10-12-20/h4-14,16,19,21-22H,15H2,1-3H3/t19-,21+,22+,24-/m1/s1. The van der Waals surface area contributed by atoms with Crippen LogP contribution in [0.3, 0.4) is 0 Å². The quantitative estimate of drug-likeness (QED) is 0.512. The SMILES string of the molecule is Cc1ccc(S(=O)(=O)[C@]23C=C[C@H](C[C@@H]2O[C@H](c2ccccc2)C(C)C)OC3=O)cc1. The van der Waals surface area contributed by atoms with Crippen LogP contribution in [0.2, 0.25) is 0 Å². The molecular weight excluding hydrogens is 400 g/mol. The Bertz CT molecular complexity index is 1060. The summed E-state index contributed by atoms with van der Waals surface area (Å²) in [4.78, 5) is 13.1. The number of esters is 1. The van der Waals surface area contributed by atoms with Gasteiger partial charge in [-0.05, 0) is 42.7 Å². The van der Waals surface area contributed by atoms with Gasteiger partial charge < -0.3 is 9.47 Å². The van der Waals surface area contributed by atoms with Gasteiger partial charge in [-0.25, -0.2) is 13.2 Å². The first kappa shape index (κ1) is 20.8. The van der Waals surface area contributed by atoms with Crippen LogP contribution in [-0.4, -0.2) is 31.3 Å². The van der Waals surface area contributed by atoms with Gasteiger partial charge in [0.05, 0.1) is 17.1 Å². The van der Waals surface area contributed by atoms with Gasteiger partial charge in [0, 0.05) is 6.42 Å². The number of carbonyl (C=O) groups is 1. The Balaban J connectivity index is 1.79. The summed E-state index contributed by atoms with van der Waals surface area (Å²) in [6.07, 6.45) is 1.80. The van der Waals surface area contributed by atoms with Gasteiger partial charge in [0.15, 0.2) is 0 Å². The van der Waals surface area contributed by atoms with E-state index < -0.39 is 32.8 Å². The van der Waals surface area contributed by atoms with Crippen LogP contribution < -0.4 is 0 Å². The van der Waals surface area contributed by atoms with E-state index in [9.17, 15) is 13.2 Å². The Morgan fingerprint density at radius 2 is 1.73 bits per heavy atom. The van der Waals surface area contributed by atoms with Crippen molar-refractivity contribution in [2.45, 2.75) is 55.1 Å².